The van der Waals surface area contributed by atoms with E-state index in [0.29, 0.717) is 5.52 Å². The predicted molar refractivity (Wildman–Crippen MR) is 56.5 cm³/mol. The Hall–Kier alpha value is -1.56. The average molecular weight is 244 g/mol. The Morgan fingerprint density at radius 2 is 2.12 bits per heavy atom. The van der Waals surface area contributed by atoms with Crippen molar-refractivity contribution in [1.82, 2.24) is 9.55 Å². The summed E-state index contributed by atoms with van der Waals surface area (Å²) in [5, 5.41) is 9.02. The molecule has 0 aliphatic heterocycles. The molecule has 2 rings (SSSR count). The van der Waals surface area contributed by atoms with Gasteiger partial charge >= 0.3 is 6.18 Å². The second-order valence-corrected chi connectivity index (χ2v) is 3.88. The van der Waals surface area contributed by atoms with Crippen LogP contribution in [0.2, 0.25) is 0 Å². The predicted octanol–water partition coefficient (Wildman–Crippen LogP) is 2.61. The van der Waals surface area contributed by atoms with Gasteiger partial charge in [-0.15, -0.1) is 0 Å². The van der Waals surface area contributed by atoms with Gasteiger partial charge in [0.2, 0.25) is 0 Å². The van der Waals surface area contributed by atoms with Crippen LogP contribution in [0.15, 0.2) is 24.5 Å². The van der Waals surface area contributed by atoms with Crippen molar-refractivity contribution in [1.29, 1.82) is 0 Å². The largest absolute Gasteiger partial charge is 0.416 e. The van der Waals surface area contributed by atoms with Crippen molar-refractivity contribution in [3.05, 3.63) is 30.1 Å². The molecule has 0 bridgehead atoms. The van der Waals surface area contributed by atoms with Crippen LogP contribution in [0.3, 0.4) is 0 Å². The minimum atomic E-state index is -4.36. The summed E-state index contributed by atoms with van der Waals surface area (Å²) in [7, 11) is 0. The molecule has 1 aromatic carbocycles. The van der Waals surface area contributed by atoms with Gasteiger partial charge in [-0.1, -0.05) is 0 Å². The van der Waals surface area contributed by atoms with Crippen molar-refractivity contribution < 1.29 is 18.3 Å². The minimum absolute atomic E-state index is 0.0908. The van der Waals surface area contributed by atoms with E-state index in [1.807, 2.05) is 0 Å². The normalized spacial score (nSPS) is 14.2. The fraction of sp³-hybridized carbons (Fsp3) is 0.364. The molecule has 92 valence electrons. The summed E-state index contributed by atoms with van der Waals surface area (Å²) in [6, 6.07) is 3.19. The van der Waals surface area contributed by atoms with Gasteiger partial charge in [-0.2, -0.15) is 13.2 Å². The highest BCUT2D eigenvalue weighted by atomic mass is 19.4. The number of nitrogens with zero attached hydrogens (tertiary/aromatic N) is 2. The summed E-state index contributed by atoms with van der Waals surface area (Å²) in [5.74, 6) is 0. The van der Waals surface area contributed by atoms with Gasteiger partial charge < -0.3 is 9.67 Å². The fourth-order valence-corrected chi connectivity index (χ4v) is 1.65. The van der Waals surface area contributed by atoms with Crippen LogP contribution in [0.5, 0.6) is 0 Å². The Morgan fingerprint density at radius 3 is 2.71 bits per heavy atom. The molecule has 0 unspecified atom stereocenters. The zero-order chi connectivity index (χ0) is 12.6. The van der Waals surface area contributed by atoms with E-state index in [9.17, 15) is 13.2 Å². The molecule has 17 heavy (non-hydrogen) atoms. The maximum Gasteiger partial charge on any atom is 0.416 e. The number of aliphatic hydroxyl groups is 1. The van der Waals surface area contributed by atoms with E-state index in [1.54, 1.807) is 11.5 Å². The molecule has 1 atom stereocenters. The van der Waals surface area contributed by atoms with Crippen molar-refractivity contribution in [3.63, 3.8) is 0 Å². The van der Waals surface area contributed by atoms with Gasteiger partial charge in [0.05, 0.1) is 35.6 Å². The van der Waals surface area contributed by atoms with Crippen molar-refractivity contribution in [2.75, 3.05) is 6.61 Å². The number of hydrogen-bond donors (Lipinski definition) is 1. The van der Waals surface area contributed by atoms with Gasteiger partial charge in [0.15, 0.2) is 0 Å². The highest BCUT2D eigenvalue weighted by Crippen LogP contribution is 2.31. The number of hydrogen-bond acceptors (Lipinski definition) is 2. The molecule has 0 saturated heterocycles. The van der Waals surface area contributed by atoms with Gasteiger partial charge in [0.1, 0.15) is 0 Å². The van der Waals surface area contributed by atoms with E-state index in [4.69, 9.17) is 5.11 Å². The van der Waals surface area contributed by atoms with Crippen molar-refractivity contribution in [2.45, 2.75) is 19.1 Å². The maximum absolute atomic E-state index is 12.5. The number of fused-ring (bicyclic) bond motifs is 1. The molecule has 0 aliphatic carbocycles. The van der Waals surface area contributed by atoms with Crippen LogP contribution in [0.4, 0.5) is 13.2 Å². The fourth-order valence-electron chi connectivity index (χ4n) is 1.65. The monoisotopic (exact) mass is 244 g/mol. The Bertz CT molecular complexity index is 533. The molecule has 6 heteroatoms. The van der Waals surface area contributed by atoms with Crippen LogP contribution in [0.25, 0.3) is 11.0 Å². The third-order valence-corrected chi connectivity index (χ3v) is 2.64. The van der Waals surface area contributed by atoms with Gasteiger partial charge in [0, 0.05) is 0 Å². The SMILES string of the molecule is C[C@@H](CO)n1cnc2cc(C(F)(F)F)ccc21. The Morgan fingerprint density at radius 1 is 1.41 bits per heavy atom. The van der Waals surface area contributed by atoms with Crippen LogP contribution >= 0.6 is 0 Å². The van der Waals surface area contributed by atoms with E-state index in [-0.39, 0.29) is 18.2 Å². The van der Waals surface area contributed by atoms with E-state index in [2.05, 4.69) is 4.98 Å². The van der Waals surface area contributed by atoms with E-state index < -0.39 is 11.7 Å². The first kappa shape index (κ1) is 11.9. The number of rotatable bonds is 2. The van der Waals surface area contributed by atoms with Gasteiger partial charge in [-0.25, -0.2) is 4.98 Å². The van der Waals surface area contributed by atoms with E-state index >= 15 is 0 Å². The topological polar surface area (TPSA) is 38.0 Å². The molecule has 2 aromatic rings. The van der Waals surface area contributed by atoms with Gasteiger partial charge in [-0.3, -0.25) is 0 Å². The van der Waals surface area contributed by atoms with Crippen LogP contribution < -0.4 is 0 Å². The summed E-state index contributed by atoms with van der Waals surface area (Å²) in [6.07, 6.45) is -2.92. The lowest BCUT2D eigenvalue weighted by Gasteiger charge is -2.11. The Kier molecular flexibility index (Phi) is 2.82. The zero-order valence-electron chi connectivity index (χ0n) is 9.07. The number of alkyl halides is 3. The third kappa shape index (κ3) is 2.12. The van der Waals surface area contributed by atoms with E-state index in [1.165, 1.54) is 12.4 Å². The van der Waals surface area contributed by atoms with Gasteiger partial charge in [0.25, 0.3) is 0 Å². The standard InChI is InChI=1S/C11H11F3N2O/c1-7(5-17)16-6-15-9-4-8(11(12,13)14)2-3-10(9)16/h2-4,6-7,17H,5H2,1H3/t7-/m0/s1. The van der Waals surface area contributed by atoms with Crippen molar-refractivity contribution in [2.24, 2.45) is 0 Å². The number of halogens is 3. The molecule has 1 heterocycles. The quantitative estimate of drug-likeness (QED) is 0.881. The summed E-state index contributed by atoms with van der Waals surface area (Å²) < 4.78 is 39.1. The lowest BCUT2D eigenvalue weighted by molar-refractivity contribution is -0.137. The van der Waals surface area contributed by atoms with Crippen LogP contribution in [-0.2, 0) is 6.18 Å². The van der Waals surface area contributed by atoms with Crippen molar-refractivity contribution >= 4 is 11.0 Å². The summed E-state index contributed by atoms with van der Waals surface area (Å²) in [4.78, 5) is 3.91. The Labute approximate surface area is 95.5 Å². The van der Waals surface area contributed by atoms with E-state index in [0.717, 1.165) is 12.1 Å². The summed E-state index contributed by atoms with van der Waals surface area (Å²) in [6.45, 7) is 1.67. The minimum Gasteiger partial charge on any atom is -0.394 e. The number of benzene rings is 1. The first-order valence-electron chi connectivity index (χ1n) is 5.08. The number of aliphatic hydroxyl groups excluding tert-OH is 1. The van der Waals surface area contributed by atoms with Crippen LogP contribution in [-0.4, -0.2) is 21.3 Å². The molecule has 0 radical (unpaired) electrons. The highest BCUT2D eigenvalue weighted by molar-refractivity contribution is 5.76. The Balaban J connectivity index is 2.52. The molecule has 0 amide bonds. The molecule has 3 nitrogen and oxygen atoms in total. The third-order valence-electron chi connectivity index (χ3n) is 2.64. The van der Waals surface area contributed by atoms with Crippen LogP contribution in [0, 0.1) is 0 Å². The molecule has 0 saturated carbocycles. The lowest BCUT2D eigenvalue weighted by Crippen LogP contribution is -2.08. The molecule has 0 fully saturated rings. The first-order valence-corrected chi connectivity index (χ1v) is 5.08. The smallest absolute Gasteiger partial charge is 0.394 e. The summed E-state index contributed by atoms with van der Waals surface area (Å²) >= 11 is 0. The second kappa shape index (κ2) is 4.03. The van der Waals surface area contributed by atoms with Gasteiger partial charge in [-0.05, 0) is 25.1 Å². The lowest BCUT2D eigenvalue weighted by atomic mass is 10.2. The molecule has 0 spiro atoms. The number of aromatic nitrogens is 2. The maximum atomic E-state index is 12.5. The van der Waals surface area contributed by atoms with Crippen molar-refractivity contribution in [3.8, 4) is 0 Å². The average Bonchev–Trinajstić information content (AvgIpc) is 2.69. The second-order valence-electron chi connectivity index (χ2n) is 3.88. The molecule has 0 aliphatic rings. The van der Waals surface area contributed by atoms with Crippen LogP contribution in [0.1, 0.15) is 18.5 Å². The zero-order valence-corrected chi connectivity index (χ0v) is 9.07. The molecular formula is C11H11F3N2O. The molecule has 1 N–H and O–H groups in total. The summed E-state index contributed by atoms with van der Waals surface area (Å²) in [5.41, 5.74) is 0.145. The number of imidazole rings is 1. The molecule has 1 aromatic heterocycles. The first-order chi connectivity index (χ1) is 7.93. The highest BCUT2D eigenvalue weighted by Gasteiger charge is 2.30. The molecular weight excluding hydrogens is 233 g/mol.